The van der Waals surface area contributed by atoms with Crippen LogP contribution in [-0.4, -0.2) is 39.7 Å². The number of fused-ring (bicyclic) bond motifs is 1. The number of para-hydroxylation sites is 1. The lowest BCUT2D eigenvalue weighted by Gasteiger charge is -2.32. The molecule has 0 radical (unpaired) electrons. The van der Waals surface area contributed by atoms with Crippen LogP contribution in [0, 0.1) is 0 Å². The van der Waals surface area contributed by atoms with Crippen molar-refractivity contribution in [1.29, 1.82) is 0 Å². The Balaban J connectivity index is 0.00000240. The number of rotatable bonds is 6. The first-order valence-corrected chi connectivity index (χ1v) is 10.3. The van der Waals surface area contributed by atoms with Crippen molar-refractivity contribution in [3.8, 4) is 0 Å². The number of nitrogens with one attached hydrogen (secondary N) is 1. The summed E-state index contributed by atoms with van der Waals surface area (Å²) in [6, 6.07) is 18.8. The molecular formula is C23H29ClN4O. The Hall–Kier alpha value is -2.37. The number of carbonyl (C=O) groups is 1. The SMILES string of the molecule is CCCn1nc(C(=O)NC2CCN(Cc3ccccc3)CC2)c2ccccc21.Cl. The summed E-state index contributed by atoms with van der Waals surface area (Å²) in [6.45, 7) is 5.94. The van der Waals surface area contributed by atoms with Crippen LogP contribution in [0.15, 0.2) is 54.6 Å². The van der Waals surface area contributed by atoms with E-state index in [1.54, 1.807) is 0 Å². The molecule has 0 spiro atoms. The zero-order valence-corrected chi connectivity index (χ0v) is 17.7. The summed E-state index contributed by atoms with van der Waals surface area (Å²) in [7, 11) is 0. The molecule has 1 N–H and O–H groups in total. The molecule has 1 aromatic heterocycles. The minimum Gasteiger partial charge on any atom is -0.348 e. The van der Waals surface area contributed by atoms with E-state index >= 15 is 0 Å². The first-order valence-electron chi connectivity index (χ1n) is 10.3. The molecule has 6 heteroatoms. The van der Waals surface area contributed by atoms with Gasteiger partial charge in [0.1, 0.15) is 0 Å². The first-order chi connectivity index (χ1) is 13.7. The van der Waals surface area contributed by atoms with Crippen LogP contribution in [-0.2, 0) is 13.1 Å². The molecule has 4 rings (SSSR count). The average molecular weight is 413 g/mol. The van der Waals surface area contributed by atoms with E-state index in [1.165, 1.54) is 5.56 Å². The number of piperidine rings is 1. The van der Waals surface area contributed by atoms with Gasteiger partial charge in [-0.25, -0.2) is 0 Å². The second-order valence-electron chi connectivity index (χ2n) is 7.60. The number of benzene rings is 2. The summed E-state index contributed by atoms with van der Waals surface area (Å²) in [5.74, 6) is -0.0486. The number of likely N-dealkylation sites (tertiary alicyclic amines) is 1. The summed E-state index contributed by atoms with van der Waals surface area (Å²) in [6.07, 6.45) is 2.95. The standard InChI is InChI=1S/C23H28N4O.ClH/c1-2-14-27-21-11-7-6-10-20(21)22(25-27)23(28)24-19-12-15-26(16-13-19)17-18-8-4-3-5-9-18;/h3-11,19H,2,12-17H2,1H3,(H,24,28);1H. The van der Waals surface area contributed by atoms with Crippen LogP contribution in [0.5, 0.6) is 0 Å². The highest BCUT2D eigenvalue weighted by Crippen LogP contribution is 2.20. The van der Waals surface area contributed by atoms with E-state index in [9.17, 15) is 4.79 Å². The predicted molar refractivity (Wildman–Crippen MR) is 119 cm³/mol. The van der Waals surface area contributed by atoms with Gasteiger partial charge < -0.3 is 5.32 Å². The number of hydrogen-bond acceptors (Lipinski definition) is 3. The fraction of sp³-hybridized carbons (Fsp3) is 0.391. The Morgan fingerprint density at radius 3 is 2.48 bits per heavy atom. The minimum atomic E-state index is -0.0486. The van der Waals surface area contributed by atoms with Crippen molar-refractivity contribution in [2.45, 2.75) is 45.3 Å². The van der Waals surface area contributed by atoms with E-state index in [1.807, 2.05) is 28.9 Å². The summed E-state index contributed by atoms with van der Waals surface area (Å²) in [5.41, 5.74) is 2.93. The molecule has 2 aromatic carbocycles. The Morgan fingerprint density at radius 1 is 1.07 bits per heavy atom. The number of nitrogens with zero attached hydrogens (tertiary/aromatic N) is 3. The highest BCUT2D eigenvalue weighted by Gasteiger charge is 2.23. The van der Waals surface area contributed by atoms with Crippen molar-refractivity contribution in [1.82, 2.24) is 20.0 Å². The number of halogens is 1. The lowest BCUT2D eigenvalue weighted by molar-refractivity contribution is 0.0904. The Morgan fingerprint density at radius 2 is 1.76 bits per heavy atom. The number of hydrogen-bond donors (Lipinski definition) is 1. The Bertz CT molecular complexity index is 932. The van der Waals surface area contributed by atoms with E-state index in [4.69, 9.17) is 0 Å². The molecule has 0 saturated carbocycles. The van der Waals surface area contributed by atoms with Crippen molar-refractivity contribution in [3.05, 3.63) is 65.9 Å². The lowest BCUT2D eigenvalue weighted by atomic mass is 10.0. The molecule has 0 atom stereocenters. The van der Waals surface area contributed by atoms with E-state index < -0.39 is 0 Å². The molecule has 0 unspecified atom stereocenters. The van der Waals surface area contributed by atoms with Gasteiger partial charge >= 0.3 is 0 Å². The third-order valence-corrected chi connectivity index (χ3v) is 5.48. The van der Waals surface area contributed by atoms with Gasteiger partial charge in [0.2, 0.25) is 0 Å². The molecule has 1 aliphatic heterocycles. The molecule has 1 saturated heterocycles. The van der Waals surface area contributed by atoms with Crippen LogP contribution in [0.25, 0.3) is 10.9 Å². The highest BCUT2D eigenvalue weighted by molar-refractivity contribution is 6.04. The maximum absolute atomic E-state index is 12.9. The van der Waals surface area contributed by atoms with Crippen LogP contribution >= 0.6 is 12.4 Å². The molecule has 1 aliphatic rings. The largest absolute Gasteiger partial charge is 0.348 e. The fourth-order valence-corrected chi connectivity index (χ4v) is 4.01. The monoisotopic (exact) mass is 412 g/mol. The van der Waals surface area contributed by atoms with Gasteiger partial charge in [0.25, 0.3) is 5.91 Å². The molecule has 154 valence electrons. The van der Waals surface area contributed by atoms with Gasteiger partial charge in [-0.05, 0) is 30.9 Å². The number of carbonyl (C=O) groups excluding carboxylic acids is 1. The van der Waals surface area contributed by atoms with Gasteiger partial charge in [0.15, 0.2) is 5.69 Å². The van der Waals surface area contributed by atoms with Crippen LogP contribution in [0.1, 0.15) is 42.2 Å². The topological polar surface area (TPSA) is 50.2 Å². The number of amides is 1. The number of aromatic nitrogens is 2. The molecule has 0 aliphatic carbocycles. The van der Waals surface area contributed by atoms with Gasteiger partial charge in [-0.3, -0.25) is 14.4 Å². The molecule has 0 bridgehead atoms. The second-order valence-corrected chi connectivity index (χ2v) is 7.60. The van der Waals surface area contributed by atoms with E-state index in [2.05, 4.69) is 52.6 Å². The van der Waals surface area contributed by atoms with Crippen LogP contribution < -0.4 is 5.32 Å². The molecule has 3 aromatic rings. The molecule has 1 amide bonds. The summed E-state index contributed by atoms with van der Waals surface area (Å²) in [5, 5.41) is 8.77. The summed E-state index contributed by atoms with van der Waals surface area (Å²) in [4.78, 5) is 15.4. The third-order valence-electron chi connectivity index (χ3n) is 5.48. The van der Waals surface area contributed by atoms with Gasteiger partial charge in [-0.1, -0.05) is 55.5 Å². The fourth-order valence-electron chi connectivity index (χ4n) is 4.01. The lowest BCUT2D eigenvalue weighted by Crippen LogP contribution is -2.44. The third kappa shape index (κ3) is 4.98. The smallest absolute Gasteiger partial charge is 0.272 e. The van der Waals surface area contributed by atoms with E-state index in [0.29, 0.717) is 5.69 Å². The predicted octanol–water partition coefficient (Wildman–Crippen LogP) is 4.26. The van der Waals surface area contributed by atoms with Crippen LogP contribution in [0.4, 0.5) is 0 Å². The second kappa shape index (κ2) is 9.90. The maximum atomic E-state index is 12.9. The van der Waals surface area contributed by atoms with Gasteiger partial charge in [0, 0.05) is 37.6 Å². The quantitative estimate of drug-likeness (QED) is 0.658. The number of aryl methyl sites for hydroxylation is 1. The molecule has 5 nitrogen and oxygen atoms in total. The van der Waals surface area contributed by atoms with Crippen LogP contribution in [0.2, 0.25) is 0 Å². The van der Waals surface area contributed by atoms with Crippen molar-refractivity contribution in [3.63, 3.8) is 0 Å². The summed E-state index contributed by atoms with van der Waals surface area (Å²) >= 11 is 0. The molecule has 29 heavy (non-hydrogen) atoms. The zero-order chi connectivity index (χ0) is 19.3. The van der Waals surface area contributed by atoms with Gasteiger partial charge in [-0.15, -0.1) is 12.4 Å². The van der Waals surface area contributed by atoms with E-state index in [0.717, 1.165) is 56.3 Å². The normalized spacial score (nSPS) is 15.2. The maximum Gasteiger partial charge on any atom is 0.272 e. The molecular weight excluding hydrogens is 384 g/mol. The van der Waals surface area contributed by atoms with Crippen molar-refractivity contribution in [2.24, 2.45) is 0 Å². The summed E-state index contributed by atoms with van der Waals surface area (Å²) < 4.78 is 1.95. The highest BCUT2D eigenvalue weighted by atomic mass is 35.5. The van der Waals surface area contributed by atoms with E-state index in [-0.39, 0.29) is 24.4 Å². The Labute approximate surface area is 178 Å². The minimum absolute atomic E-state index is 0. The first kappa shape index (κ1) is 21.3. The van der Waals surface area contributed by atoms with Crippen molar-refractivity contribution >= 4 is 29.2 Å². The van der Waals surface area contributed by atoms with Gasteiger partial charge in [0.05, 0.1) is 5.52 Å². The zero-order valence-electron chi connectivity index (χ0n) is 16.9. The Kier molecular flexibility index (Phi) is 7.29. The van der Waals surface area contributed by atoms with Crippen molar-refractivity contribution in [2.75, 3.05) is 13.1 Å². The molecule has 1 fully saturated rings. The van der Waals surface area contributed by atoms with Crippen molar-refractivity contribution < 1.29 is 4.79 Å². The van der Waals surface area contributed by atoms with Crippen LogP contribution in [0.3, 0.4) is 0 Å². The molecule has 2 heterocycles. The average Bonchev–Trinajstić information content (AvgIpc) is 3.09. The van der Waals surface area contributed by atoms with Gasteiger partial charge in [-0.2, -0.15) is 5.10 Å².